The molecule has 2 aromatic carbocycles. The highest BCUT2D eigenvalue weighted by Crippen LogP contribution is 2.29. The molecule has 3 rings (SSSR count). The van der Waals surface area contributed by atoms with Crippen molar-refractivity contribution in [2.45, 2.75) is 6.18 Å². The van der Waals surface area contributed by atoms with E-state index in [-0.39, 0.29) is 17.1 Å². The molecule has 11 heteroatoms. The lowest BCUT2D eigenvalue weighted by atomic mass is 10.2. The van der Waals surface area contributed by atoms with Gasteiger partial charge in [0.05, 0.1) is 21.9 Å². The summed E-state index contributed by atoms with van der Waals surface area (Å²) < 4.78 is 53.7. The van der Waals surface area contributed by atoms with Gasteiger partial charge < -0.3 is 0 Å². The van der Waals surface area contributed by atoms with Crippen molar-refractivity contribution in [3.8, 4) is 5.69 Å². The number of alkyl halides is 3. The molecule has 0 unspecified atom stereocenters. The lowest BCUT2D eigenvalue weighted by Gasteiger charge is -2.04. The summed E-state index contributed by atoms with van der Waals surface area (Å²) in [6.45, 7) is 0. The molecule has 0 atom stereocenters. The lowest BCUT2D eigenvalue weighted by Crippen LogP contribution is -2.17. The normalized spacial score (nSPS) is 11.9. The molecule has 0 saturated heterocycles. The Hall–Kier alpha value is -3.76. The summed E-state index contributed by atoms with van der Waals surface area (Å²) in [6, 6.07) is 9.16. The van der Waals surface area contributed by atoms with E-state index in [2.05, 4.69) is 4.99 Å². The van der Waals surface area contributed by atoms with Gasteiger partial charge in [-0.25, -0.2) is 9.07 Å². The summed E-state index contributed by atoms with van der Waals surface area (Å²) in [5.74, 6) is -0.636. The monoisotopic (exact) mass is 394 g/mol. The number of benzene rings is 2. The topological polar surface area (TPSA) is 93.3 Å². The van der Waals surface area contributed by atoms with E-state index in [9.17, 15) is 32.5 Å². The molecule has 0 aliphatic carbocycles. The molecule has 7 nitrogen and oxygen atoms in total. The van der Waals surface area contributed by atoms with E-state index in [0.29, 0.717) is 10.9 Å². The number of hydrogen-bond donors (Lipinski definition) is 1. The van der Waals surface area contributed by atoms with Crippen molar-refractivity contribution in [3.05, 3.63) is 86.1 Å². The third-order valence-electron chi connectivity index (χ3n) is 3.68. The van der Waals surface area contributed by atoms with Crippen molar-refractivity contribution in [1.29, 1.82) is 0 Å². The molecule has 1 aromatic heterocycles. The van der Waals surface area contributed by atoms with E-state index in [1.165, 1.54) is 12.1 Å². The molecule has 0 aliphatic heterocycles. The molecule has 0 radical (unpaired) electrons. The minimum absolute atomic E-state index is 0.0237. The van der Waals surface area contributed by atoms with Crippen LogP contribution in [0.15, 0.2) is 58.3 Å². The quantitative estimate of drug-likeness (QED) is 0.314. The fourth-order valence-electron chi connectivity index (χ4n) is 2.39. The van der Waals surface area contributed by atoms with Crippen LogP contribution in [-0.2, 0) is 6.18 Å². The number of aromatic amines is 1. The Bertz CT molecular complexity index is 1110. The van der Waals surface area contributed by atoms with Gasteiger partial charge in [0, 0.05) is 18.3 Å². The minimum atomic E-state index is -4.89. The summed E-state index contributed by atoms with van der Waals surface area (Å²) in [4.78, 5) is 26.2. The van der Waals surface area contributed by atoms with Gasteiger partial charge in [0.25, 0.3) is 11.2 Å². The summed E-state index contributed by atoms with van der Waals surface area (Å²) >= 11 is 0. The Balaban J connectivity index is 2.09. The lowest BCUT2D eigenvalue weighted by molar-refractivity contribution is -0.384. The van der Waals surface area contributed by atoms with Crippen molar-refractivity contribution >= 4 is 17.6 Å². The van der Waals surface area contributed by atoms with Crippen molar-refractivity contribution in [1.82, 2.24) is 9.78 Å². The highest BCUT2D eigenvalue weighted by Gasteiger charge is 2.37. The molecule has 0 bridgehead atoms. The number of nitro benzene ring substituents is 1. The van der Waals surface area contributed by atoms with Crippen LogP contribution in [-0.4, -0.2) is 20.9 Å². The number of aromatic nitrogens is 2. The Kier molecular flexibility index (Phi) is 4.82. The molecule has 1 heterocycles. The molecule has 144 valence electrons. The Morgan fingerprint density at radius 1 is 1.14 bits per heavy atom. The first-order valence-corrected chi connectivity index (χ1v) is 7.63. The van der Waals surface area contributed by atoms with Gasteiger partial charge in [0.15, 0.2) is 5.69 Å². The maximum Gasteiger partial charge on any atom is 0.433 e. The van der Waals surface area contributed by atoms with Gasteiger partial charge in [0.1, 0.15) is 5.82 Å². The van der Waals surface area contributed by atoms with Gasteiger partial charge in [-0.05, 0) is 30.3 Å². The Labute approximate surface area is 153 Å². The Morgan fingerprint density at radius 2 is 1.82 bits per heavy atom. The maximum absolute atomic E-state index is 13.3. The maximum atomic E-state index is 13.3. The van der Waals surface area contributed by atoms with Gasteiger partial charge in [-0.1, -0.05) is 6.07 Å². The number of nitrogens with one attached hydrogen (secondary N) is 1. The van der Waals surface area contributed by atoms with Crippen LogP contribution in [0.25, 0.3) is 5.69 Å². The number of H-pyrrole nitrogens is 1. The fourth-order valence-corrected chi connectivity index (χ4v) is 2.39. The van der Waals surface area contributed by atoms with Crippen LogP contribution in [0, 0.1) is 15.9 Å². The second-order valence-electron chi connectivity index (χ2n) is 5.55. The molecule has 1 N–H and O–H groups in total. The molecular formula is C17H10F4N4O3. The van der Waals surface area contributed by atoms with Crippen molar-refractivity contribution < 1.29 is 22.5 Å². The second kappa shape index (κ2) is 7.10. The number of nitrogens with zero attached hydrogens (tertiary/aromatic N) is 3. The van der Waals surface area contributed by atoms with E-state index in [4.69, 9.17) is 0 Å². The standard InChI is InChI=1S/C17H10F4N4O3/c18-10-2-1-3-11(8-10)22-9-14-15(17(19,20)21)23-24(16(14)26)12-4-6-13(7-5-12)25(27)28/h1-9,23H. The van der Waals surface area contributed by atoms with Gasteiger partial charge in [-0.2, -0.15) is 13.2 Å². The fraction of sp³-hybridized carbons (Fsp3) is 0.0588. The molecule has 0 amide bonds. The van der Waals surface area contributed by atoms with E-state index in [1.807, 2.05) is 5.10 Å². The molecule has 0 aliphatic rings. The smallest absolute Gasteiger partial charge is 0.286 e. The van der Waals surface area contributed by atoms with Crippen LogP contribution >= 0.6 is 0 Å². The molecule has 28 heavy (non-hydrogen) atoms. The zero-order valence-corrected chi connectivity index (χ0v) is 13.8. The summed E-state index contributed by atoms with van der Waals surface area (Å²) in [7, 11) is 0. The average molecular weight is 394 g/mol. The zero-order valence-electron chi connectivity index (χ0n) is 13.8. The SMILES string of the molecule is O=c1c(C=Nc2cccc(F)c2)c(C(F)(F)F)[nH]n1-c1ccc([N+](=O)[O-])cc1. The van der Waals surface area contributed by atoms with Crippen LogP contribution < -0.4 is 5.56 Å². The molecule has 3 aromatic rings. The van der Waals surface area contributed by atoms with Gasteiger partial charge in [0.2, 0.25) is 0 Å². The summed E-state index contributed by atoms with van der Waals surface area (Å²) in [5.41, 5.74) is -3.50. The Morgan fingerprint density at radius 3 is 2.39 bits per heavy atom. The van der Waals surface area contributed by atoms with Crippen LogP contribution in [0.2, 0.25) is 0 Å². The number of non-ortho nitro benzene ring substituents is 1. The predicted molar refractivity (Wildman–Crippen MR) is 91.7 cm³/mol. The molecule has 0 saturated carbocycles. The first-order valence-electron chi connectivity index (χ1n) is 7.63. The third-order valence-corrected chi connectivity index (χ3v) is 3.68. The number of rotatable bonds is 4. The average Bonchev–Trinajstić information content (AvgIpc) is 2.97. The van der Waals surface area contributed by atoms with E-state index in [1.54, 1.807) is 0 Å². The van der Waals surface area contributed by atoms with Gasteiger partial charge in [-0.3, -0.25) is 25.0 Å². The highest BCUT2D eigenvalue weighted by atomic mass is 19.4. The first kappa shape index (κ1) is 19.0. The minimum Gasteiger partial charge on any atom is -0.286 e. The van der Waals surface area contributed by atoms with Gasteiger partial charge >= 0.3 is 6.18 Å². The van der Waals surface area contributed by atoms with Crippen LogP contribution in [0.1, 0.15) is 11.3 Å². The zero-order chi connectivity index (χ0) is 20.5. The molecule has 0 spiro atoms. The van der Waals surface area contributed by atoms with Crippen molar-refractivity contribution in [2.75, 3.05) is 0 Å². The first-order chi connectivity index (χ1) is 13.2. The van der Waals surface area contributed by atoms with Crippen molar-refractivity contribution in [2.24, 2.45) is 4.99 Å². The van der Waals surface area contributed by atoms with Crippen LogP contribution in [0.3, 0.4) is 0 Å². The summed E-state index contributed by atoms with van der Waals surface area (Å²) in [5, 5.41) is 12.6. The van der Waals surface area contributed by atoms with Crippen LogP contribution in [0.4, 0.5) is 28.9 Å². The highest BCUT2D eigenvalue weighted by molar-refractivity contribution is 5.83. The summed E-state index contributed by atoms with van der Waals surface area (Å²) in [6.07, 6.45) is -4.20. The van der Waals surface area contributed by atoms with E-state index >= 15 is 0 Å². The third kappa shape index (κ3) is 3.82. The van der Waals surface area contributed by atoms with E-state index < -0.39 is 33.7 Å². The number of halogens is 4. The molecule has 0 fully saturated rings. The molecular weight excluding hydrogens is 384 g/mol. The second-order valence-corrected chi connectivity index (χ2v) is 5.55. The van der Waals surface area contributed by atoms with Crippen LogP contribution in [0.5, 0.6) is 0 Å². The van der Waals surface area contributed by atoms with Crippen molar-refractivity contribution in [3.63, 3.8) is 0 Å². The number of aliphatic imine (C=N–C) groups is 1. The number of hydrogen-bond acceptors (Lipinski definition) is 4. The van der Waals surface area contributed by atoms with E-state index in [0.717, 1.165) is 36.4 Å². The van der Waals surface area contributed by atoms with Gasteiger partial charge in [-0.15, -0.1) is 0 Å². The number of nitro groups is 1. The predicted octanol–water partition coefficient (Wildman–Crippen LogP) is 3.98. The largest absolute Gasteiger partial charge is 0.433 e.